The van der Waals surface area contributed by atoms with Crippen molar-refractivity contribution in [2.45, 2.75) is 62.2 Å². The second-order valence-electron chi connectivity index (χ2n) is 9.79. The largest absolute Gasteiger partial charge is 0.348 e. The van der Waals surface area contributed by atoms with Crippen LogP contribution in [0, 0.1) is 17.3 Å². The normalized spacial score (nSPS) is 44.8. The van der Waals surface area contributed by atoms with Gasteiger partial charge in [0, 0.05) is 35.4 Å². The zero-order valence-corrected chi connectivity index (χ0v) is 17.5. The number of likely N-dealkylation sites (tertiary alicyclic amines) is 1. The molecule has 1 aliphatic heterocycles. The van der Waals surface area contributed by atoms with Crippen LogP contribution in [0.1, 0.15) is 44.9 Å². The molecule has 6 rings (SSSR count). The van der Waals surface area contributed by atoms with Crippen LogP contribution in [0.4, 0.5) is 5.95 Å². The lowest BCUT2D eigenvalue weighted by atomic mass is 9.34. The smallest absolute Gasteiger partial charge is 0.237 e. The van der Waals surface area contributed by atoms with Crippen LogP contribution in [0.25, 0.3) is 0 Å². The SMILES string of the molecule is N[C@@H]1CCCN1C(=O)CNC12CC3CC4(Nc5ncc(Br)cn5)CC(C1)C34C2. The molecule has 28 heavy (non-hydrogen) atoms. The first-order chi connectivity index (χ1) is 13.5. The number of hydrogen-bond donors (Lipinski definition) is 3. The molecule has 150 valence electrons. The van der Waals surface area contributed by atoms with E-state index in [1.54, 1.807) is 12.4 Å². The average Bonchev–Trinajstić information content (AvgIpc) is 3.31. The highest BCUT2D eigenvalue weighted by atomic mass is 79.9. The van der Waals surface area contributed by atoms with E-state index in [0.717, 1.165) is 41.6 Å². The maximum absolute atomic E-state index is 12.6. The van der Waals surface area contributed by atoms with Gasteiger partial charge in [-0.05, 0) is 72.7 Å². The third-order valence-corrected chi connectivity index (χ3v) is 9.06. The Morgan fingerprint density at radius 3 is 2.61 bits per heavy atom. The average molecular weight is 447 g/mol. The van der Waals surface area contributed by atoms with Crippen molar-refractivity contribution in [1.82, 2.24) is 20.2 Å². The van der Waals surface area contributed by atoms with E-state index in [4.69, 9.17) is 5.73 Å². The molecule has 2 bridgehead atoms. The van der Waals surface area contributed by atoms with Crippen molar-refractivity contribution in [3.8, 4) is 0 Å². The highest BCUT2D eigenvalue weighted by molar-refractivity contribution is 9.10. The summed E-state index contributed by atoms with van der Waals surface area (Å²) in [7, 11) is 0. The van der Waals surface area contributed by atoms with E-state index in [1.807, 2.05) is 4.90 Å². The zero-order valence-electron chi connectivity index (χ0n) is 16.0. The number of halogens is 1. The number of carbonyl (C=O) groups excluding carboxylic acids is 1. The fourth-order valence-electron chi connectivity index (χ4n) is 7.70. The number of carbonyl (C=O) groups is 1. The van der Waals surface area contributed by atoms with Gasteiger partial charge in [-0.1, -0.05) is 0 Å². The molecule has 0 radical (unpaired) electrons. The van der Waals surface area contributed by atoms with Gasteiger partial charge in [0.25, 0.3) is 0 Å². The fraction of sp³-hybridized carbons (Fsp3) is 0.750. The van der Waals surface area contributed by atoms with Gasteiger partial charge in [0.1, 0.15) is 0 Å². The molecule has 5 fully saturated rings. The lowest BCUT2D eigenvalue weighted by Gasteiger charge is -2.74. The predicted octanol–water partition coefficient (Wildman–Crippen LogP) is 1.85. The molecular weight excluding hydrogens is 420 g/mol. The topological polar surface area (TPSA) is 96.2 Å². The van der Waals surface area contributed by atoms with Crippen molar-refractivity contribution in [3.63, 3.8) is 0 Å². The van der Waals surface area contributed by atoms with E-state index < -0.39 is 0 Å². The first-order valence-electron chi connectivity index (χ1n) is 10.5. The molecular formula is C20H27BrN6O. The maximum atomic E-state index is 12.6. The van der Waals surface area contributed by atoms with E-state index >= 15 is 0 Å². The number of aromatic nitrogens is 2. The minimum atomic E-state index is -0.0901. The van der Waals surface area contributed by atoms with Crippen LogP contribution in [-0.4, -0.2) is 51.1 Å². The van der Waals surface area contributed by atoms with Gasteiger partial charge < -0.3 is 21.3 Å². The number of nitrogens with two attached hydrogens (primary N) is 1. The second kappa shape index (κ2) is 5.67. The molecule has 2 unspecified atom stereocenters. The van der Waals surface area contributed by atoms with Crippen LogP contribution in [0.3, 0.4) is 0 Å². The van der Waals surface area contributed by atoms with Crippen LogP contribution in [-0.2, 0) is 4.79 Å². The molecule has 1 amide bonds. The minimum absolute atomic E-state index is 0.0901. The van der Waals surface area contributed by atoms with Gasteiger partial charge in [0.05, 0.1) is 17.2 Å². The highest BCUT2D eigenvalue weighted by Gasteiger charge is 2.84. The van der Waals surface area contributed by atoms with Gasteiger partial charge in [-0.15, -0.1) is 0 Å². The quantitative estimate of drug-likeness (QED) is 0.638. The second-order valence-corrected chi connectivity index (χ2v) is 10.7. The van der Waals surface area contributed by atoms with E-state index in [1.165, 1.54) is 32.1 Å². The molecule has 0 aromatic carbocycles. The lowest BCUT2D eigenvalue weighted by molar-refractivity contribution is -0.184. The summed E-state index contributed by atoms with van der Waals surface area (Å²) in [4.78, 5) is 23.4. The van der Waals surface area contributed by atoms with Gasteiger partial charge in [0.2, 0.25) is 11.9 Å². The molecule has 4 N–H and O–H groups in total. The lowest BCUT2D eigenvalue weighted by Crippen LogP contribution is -2.76. The highest BCUT2D eigenvalue weighted by Crippen LogP contribution is 2.84. The van der Waals surface area contributed by atoms with E-state index in [2.05, 4.69) is 36.5 Å². The summed E-state index contributed by atoms with van der Waals surface area (Å²) in [6.07, 6.45) is 11.5. The molecule has 4 aliphatic carbocycles. The molecule has 1 spiro atoms. The van der Waals surface area contributed by atoms with Gasteiger partial charge >= 0.3 is 0 Å². The number of nitrogens with one attached hydrogen (secondary N) is 2. The third-order valence-electron chi connectivity index (χ3n) is 8.65. The zero-order chi connectivity index (χ0) is 19.1. The van der Waals surface area contributed by atoms with Crippen LogP contribution in [0.2, 0.25) is 0 Å². The summed E-state index contributed by atoms with van der Waals surface area (Å²) < 4.78 is 0.902. The number of nitrogens with zero attached hydrogens (tertiary/aromatic N) is 3. The molecule has 5 aliphatic rings. The summed E-state index contributed by atoms with van der Waals surface area (Å²) >= 11 is 3.41. The van der Waals surface area contributed by atoms with Crippen molar-refractivity contribution >= 4 is 27.8 Å². The van der Waals surface area contributed by atoms with Gasteiger partial charge in [0.15, 0.2) is 0 Å². The van der Waals surface area contributed by atoms with Crippen molar-refractivity contribution in [1.29, 1.82) is 0 Å². The van der Waals surface area contributed by atoms with Crippen LogP contribution < -0.4 is 16.4 Å². The summed E-state index contributed by atoms with van der Waals surface area (Å²) in [5.41, 5.74) is 6.75. The first kappa shape index (κ1) is 17.6. The summed E-state index contributed by atoms with van der Waals surface area (Å²) in [5, 5.41) is 7.42. The van der Waals surface area contributed by atoms with E-state index in [0.29, 0.717) is 12.0 Å². The molecule has 4 saturated carbocycles. The first-order valence-corrected chi connectivity index (χ1v) is 11.3. The fourth-order valence-corrected chi connectivity index (χ4v) is 7.91. The van der Waals surface area contributed by atoms with Crippen molar-refractivity contribution < 1.29 is 4.79 Å². The number of anilines is 1. The van der Waals surface area contributed by atoms with E-state index in [9.17, 15) is 4.79 Å². The molecule has 8 heteroatoms. The number of hydrogen-bond acceptors (Lipinski definition) is 6. The molecule has 3 atom stereocenters. The predicted molar refractivity (Wildman–Crippen MR) is 108 cm³/mol. The Morgan fingerprint density at radius 2 is 1.96 bits per heavy atom. The third kappa shape index (κ3) is 2.14. The Bertz CT molecular complexity index is 812. The Morgan fingerprint density at radius 1 is 1.25 bits per heavy atom. The van der Waals surface area contributed by atoms with E-state index in [-0.39, 0.29) is 23.2 Å². The molecule has 2 heterocycles. The Hall–Kier alpha value is -1.25. The molecule has 1 saturated heterocycles. The molecule has 1 aromatic heterocycles. The monoisotopic (exact) mass is 446 g/mol. The van der Waals surface area contributed by atoms with Gasteiger partial charge in [-0.3, -0.25) is 4.79 Å². The summed E-state index contributed by atoms with van der Waals surface area (Å²) in [6, 6.07) is 0. The Kier molecular flexibility index (Phi) is 3.56. The number of amides is 1. The Labute approximate surface area is 173 Å². The van der Waals surface area contributed by atoms with Crippen LogP contribution >= 0.6 is 15.9 Å². The summed E-state index contributed by atoms with van der Waals surface area (Å²) in [6.45, 7) is 1.24. The molecule has 1 aromatic rings. The number of fused-ring (bicyclic) bond motifs is 1. The Balaban J connectivity index is 1.15. The maximum Gasteiger partial charge on any atom is 0.237 e. The van der Waals surface area contributed by atoms with Gasteiger partial charge in [-0.25, -0.2) is 9.97 Å². The van der Waals surface area contributed by atoms with Crippen LogP contribution in [0.5, 0.6) is 0 Å². The molecule has 7 nitrogen and oxygen atoms in total. The summed E-state index contributed by atoms with van der Waals surface area (Å²) in [5.74, 6) is 2.44. The van der Waals surface area contributed by atoms with Crippen molar-refractivity contribution in [3.05, 3.63) is 16.9 Å². The van der Waals surface area contributed by atoms with Crippen LogP contribution in [0.15, 0.2) is 16.9 Å². The minimum Gasteiger partial charge on any atom is -0.348 e. The van der Waals surface area contributed by atoms with Crippen molar-refractivity contribution in [2.24, 2.45) is 23.0 Å². The standard InChI is InChI=1S/C20H27BrN6O/c21-14-8-23-17(24-9-14)26-19-6-12-4-18(5-13(7-19)20(12,19)11-18)25-10-16(28)27-3-1-2-15(27)22/h8-9,12-13,15,25H,1-7,10-11,22H2,(H,23,24,26)/t12?,13?,15-,18?,19?,20?/m0/s1. The number of rotatable bonds is 5. The van der Waals surface area contributed by atoms with Gasteiger partial charge in [-0.2, -0.15) is 0 Å². The van der Waals surface area contributed by atoms with Crippen molar-refractivity contribution in [2.75, 3.05) is 18.4 Å².